The van der Waals surface area contributed by atoms with E-state index in [0.29, 0.717) is 18.1 Å². The summed E-state index contributed by atoms with van der Waals surface area (Å²) < 4.78 is 5.69. The van der Waals surface area contributed by atoms with Gasteiger partial charge in [0.1, 0.15) is 6.61 Å². The highest BCUT2D eigenvalue weighted by atomic mass is 32.2. The summed E-state index contributed by atoms with van der Waals surface area (Å²) in [5.74, 6) is 0.534. The maximum absolute atomic E-state index is 11.0. The van der Waals surface area contributed by atoms with E-state index in [1.165, 1.54) is 11.8 Å². The van der Waals surface area contributed by atoms with Crippen LogP contribution in [0.3, 0.4) is 0 Å². The molecule has 128 valence electrons. The van der Waals surface area contributed by atoms with Gasteiger partial charge in [-0.25, -0.2) is 4.98 Å². The Labute approximate surface area is 151 Å². The predicted octanol–water partition coefficient (Wildman–Crippen LogP) is 4.37. The lowest BCUT2D eigenvalue weighted by atomic mass is 10.2. The molecular weight excluding hydrogens is 334 g/mol. The Morgan fingerprint density at radius 3 is 2.84 bits per heavy atom. The Bertz CT molecular complexity index is 799. The highest BCUT2D eigenvalue weighted by Crippen LogP contribution is 2.29. The molecule has 0 amide bonds. The van der Waals surface area contributed by atoms with E-state index in [-0.39, 0.29) is 0 Å². The fourth-order valence-electron chi connectivity index (χ4n) is 1.89. The Morgan fingerprint density at radius 1 is 1.36 bits per heavy atom. The largest absolute Gasteiger partial charge is 0.473 e. The molecule has 0 atom stereocenters. The fraction of sp³-hybridized carbons (Fsp3) is 0.158. The monoisotopic (exact) mass is 353 g/mol. The van der Waals surface area contributed by atoms with Gasteiger partial charge in [-0.3, -0.25) is 14.8 Å². The molecule has 0 bridgehead atoms. The van der Waals surface area contributed by atoms with Crippen LogP contribution in [0.15, 0.2) is 75.0 Å². The highest BCUT2D eigenvalue weighted by molar-refractivity contribution is 7.99. The minimum absolute atomic E-state index is 0.405. The van der Waals surface area contributed by atoms with E-state index in [1.807, 2.05) is 32.1 Å². The van der Waals surface area contributed by atoms with Gasteiger partial charge in [0.15, 0.2) is 6.29 Å². The topological polar surface area (TPSA) is 64.4 Å². The van der Waals surface area contributed by atoms with Gasteiger partial charge in [0, 0.05) is 45.7 Å². The van der Waals surface area contributed by atoms with Crippen molar-refractivity contribution in [1.29, 1.82) is 0 Å². The number of aromatic nitrogens is 2. The number of rotatable bonds is 8. The number of carbonyl (C=O) groups is 1. The minimum Gasteiger partial charge on any atom is -0.473 e. The molecule has 25 heavy (non-hydrogen) atoms. The Hall–Kier alpha value is -2.73. The fourth-order valence-corrected chi connectivity index (χ4v) is 2.74. The normalized spacial score (nSPS) is 11.9. The van der Waals surface area contributed by atoms with Gasteiger partial charge >= 0.3 is 0 Å². The van der Waals surface area contributed by atoms with Gasteiger partial charge in [-0.05, 0) is 44.3 Å². The van der Waals surface area contributed by atoms with Gasteiger partial charge in [-0.2, -0.15) is 0 Å². The smallest absolute Gasteiger partial charge is 0.213 e. The number of aliphatic imine (C=N–C) groups is 1. The number of carbonyl (C=O) groups excluding carboxylic acids is 1. The molecule has 0 radical (unpaired) electrons. The summed E-state index contributed by atoms with van der Waals surface area (Å²) in [7, 11) is 0. The lowest BCUT2D eigenvalue weighted by molar-refractivity contribution is 0.112. The lowest BCUT2D eigenvalue weighted by Crippen LogP contribution is -2.01. The zero-order valence-electron chi connectivity index (χ0n) is 14.2. The van der Waals surface area contributed by atoms with Crippen molar-refractivity contribution in [3.63, 3.8) is 0 Å². The molecule has 0 fully saturated rings. The highest BCUT2D eigenvalue weighted by Gasteiger charge is 2.05. The van der Waals surface area contributed by atoms with E-state index in [2.05, 4.69) is 21.7 Å². The van der Waals surface area contributed by atoms with Gasteiger partial charge in [0.2, 0.25) is 5.88 Å². The van der Waals surface area contributed by atoms with E-state index in [0.717, 1.165) is 27.3 Å². The van der Waals surface area contributed by atoms with Crippen molar-refractivity contribution in [3.8, 4) is 5.88 Å². The van der Waals surface area contributed by atoms with Crippen molar-refractivity contribution < 1.29 is 9.53 Å². The quantitative estimate of drug-likeness (QED) is 0.400. The van der Waals surface area contributed by atoms with Gasteiger partial charge in [0.25, 0.3) is 0 Å². The Morgan fingerprint density at radius 2 is 2.20 bits per heavy atom. The molecule has 5 nitrogen and oxygen atoms in total. The van der Waals surface area contributed by atoms with Crippen LogP contribution in [0.5, 0.6) is 5.88 Å². The average molecular weight is 353 g/mol. The maximum Gasteiger partial charge on any atom is 0.213 e. The molecule has 0 aromatic carbocycles. The van der Waals surface area contributed by atoms with Crippen LogP contribution in [0.25, 0.3) is 0 Å². The van der Waals surface area contributed by atoms with E-state index < -0.39 is 0 Å². The summed E-state index contributed by atoms with van der Waals surface area (Å²) in [5, 5.41) is 0. The van der Waals surface area contributed by atoms with E-state index in [9.17, 15) is 4.79 Å². The number of hydrogen-bond acceptors (Lipinski definition) is 6. The van der Waals surface area contributed by atoms with Crippen molar-refractivity contribution in [2.75, 3.05) is 6.61 Å². The molecule has 2 rings (SSSR count). The van der Waals surface area contributed by atoms with Gasteiger partial charge in [-0.15, -0.1) is 0 Å². The van der Waals surface area contributed by atoms with Gasteiger partial charge < -0.3 is 4.74 Å². The van der Waals surface area contributed by atoms with Gasteiger partial charge in [0.05, 0.1) is 0 Å². The van der Waals surface area contributed by atoms with Crippen LogP contribution in [-0.4, -0.2) is 29.6 Å². The van der Waals surface area contributed by atoms with E-state index in [1.54, 1.807) is 30.7 Å². The number of ether oxygens (including phenoxy) is 1. The van der Waals surface area contributed by atoms with Crippen molar-refractivity contribution in [2.45, 2.75) is 23.6 Å². The Balaban J connectivity index is 2.00. The summed E-state index contributed by atoms with van der Waals surface area (Å²) in [4.78, 5) is 24.9. The molecule has 0 aliphatic heterocycles. The second-order valence-electron chi connectivity index (χ2n) is 5.06. The number of nitrogens with zero attached hydrogens (tertiary/aromatic N) is 3. The first-order chi connectivity index (χ1) is 12.2. The zero-order chi connectivity index (χ0) is 18.1. The molecule has 2 aromatic rings. The molecule has 0 spiro atoms. The molecular formula is C19H19N3O2S. The molecule has 0 saturated carbocycles. The average Bonchev–Trinajstić information content (AvgIpc) is 2.66. The summed E-state index contributed by atoms with van der Waals surface area (Å²) in [6.45, 7) is 7.73. The minimum atomic E-state index is 0.405. The summed E-state index contributed by atoms with van der Waals surface area (Å²) >= 11 is 1.46. The number of hydrogen-bond donors (Lipinski definition) is 0. The first kappa shape index (κ1) is 18.6. The molecule has 2 heterocycles. The van der Waals surface area contributed by atoms with Crippen LogP contribution in [-0.2, 0) is 0 Å². The second kappa shape index (κ2) is 9.54. The number of aldehydes is 1. The zero-order valence-corrected chi connectivity index (χ0v) is 15.0. The third kappa shape index (κ3) is 5.69. The van der Waals surface area contributed by atoms with Crippen LogP contribution in [0.4, 0.5) is 0 Å². The molecule has 0 saturated heterocycles. The van der Waals surface area contributed by atoms with Crippen LogP contribution < -0.4 is 4.74 Å². The lowest BCUT2D eigenvalue weighted by Gasteiger charge is -2.08. The summed E-state index contributed by atoms with van der Waals surface area (Å²) in [5.41, 5.74) is 2.39. The predicted molar refractivity (Wildman–Crippen MR) is 101 cm³/mol. The molecule has 0 unspecified atom stereocenters. The van der Waals surface area contributed by atoms with Gasteiger partial charge in [-0.1, -0.05) is 17.8 Å². The van der Waals surface area contributed by atoms with Crippen molar-refractivity contribution in [3.05, 3.63) is 65.8 Å². The van der Waals surface area contributed by atoms with Crippen LogP contribution in [0.1, 0.15) is 24.2 Å². The number of pyridine rings is 2. The third-order valence-corrected chi connectivity index (χ3v) is 4.34. The van der Waals surface area contributed by atoms with Crippen molar-refractivity contribution in [1.82, 2.24) is 9.97 Å². The van der Waals surface area contributed by atoms with E-state index >= 15 is 0 Å². The van der Waals surface area contributed by atoms with Crippen LogP contribution >= 0.6 is 11.8 Å². The van der Waals surface area contributed by atoms with Crippen molar-refractivity contribution in [2.24, 2.45) is 4.99 Å². The summed E-state index contributed by atoms with van der Waals surface area (Å²) in [6.07, 6.45) is 9.60. The molecule has 0 aliphatic rings. The third-order valence-electron chi connectivity index (χ3n) is 3.28. The first-order valence-corrected chi connectivity index (χ1v) is 8.44. The molecule has 2 aromatic heterocycles. The number of allylic oxidation sites excluding steroid dienone is 2. The SMILES string of the molecule is C=N/C(C)=C\C(=C/C)COc1ccc(Sc2ccncc2C=O)cn1. The maximum atomic E-state index is 11.0. The van der Waals surface area contributed by atoms with Crippen LogP contribution in [0, 0.1) is 0 Å². The standard InChI is InChI=1S/C19H19N3O2S/c1-4-15(9-14(2)20-3)13-24-19-6-5-17(11-22-19)25-18-7-8-21-10-16(18)12-23/h4-12H,3,13H2,1-2H3/b14-9-,15-4+. The van der Waals surface area contributed by atoms with Crippen LogP contribution in [0.2, 0.25) is 0 Å². The summed E-state index contributed by atoms with van der Waals surface area (Å²) in [6, 6.07) is 5.52. The molecule has 6 heteroatoms. The van der Waals surface area contributed by atoms with E-state index in [4.69, 9.17) is 4.74 Å². The molecule has 0 N–H and O–H groups in total. The Kier molecular flexibility index (Phi) is 7.10. The van der Waals surface area contributed by atoms with Crippen molar-refractivity contribution >= 4 is 24.8 Å². The first-order valence-electron chi connectivity index (χ1n) is 7.62. The molecule has 0 aliphatic carbocycles. The second-order valence-corrected chi connectivity index (χ2v) is 6.18.